The number of pyridine rings is 1. The zero-order valence-electron chi connectivity index (χ0n) is 18.4. The van der Waals surface area contributed by atoms with Gasteiger partial charge in [-0.3, -0.25) is 9.69 Å². The molecule has 0 saturated carbocycles. The minimum Gasteiger partial charge on any atom is -0.494 e. The first-order valence-electron chi connectivity index (χ1n) is 11.3. The van der Waals surface area contributed by atoms with Gasteiger partial charge in [0, 0.05) is 30.1 Å². The Kier molecular flexibility index (Phi) is 6.82. The largest absolute Gasteiger partial charge is 0.494 e. The Bertz CT molecular complexity index is 1030. The lowest BCUT2D eigenvalue weighted by Gasteiger charge is -2.33. The van der Waals surface area contributed by atoms with Crippen LogP contribution in [0.2, 0.25) is 0 Å². The average Bonchev–Trinajstić information content (AvgIpc) is 2.80. The number of hydrogen-bond acceptors (Lipinski definition) is 4. The minimum absolute atomic E-state index is 0.0459. The van der Waals surface area contributed by atoms with Crippen LogP contribution in [-0.2, 0) is 0 Å². The van der Waals surface area contributed by atoms with Crippen LogP contribution in [0.15, 0.2) is 54.6 Å². The molecule has 1 aliphatic heterocycles. The van der Waals surface area contributed by atoms with Crippen molar-refractivity contribution in [2.24, 2.45) is 0 Å². The summed E-state index contributed by atoms with van der Waals surface area (Å²) in [4.78, 5) is 20.4. The lowest BCUT2D eigenvalue weighted by molar-refractivity contribution is 0.0940. The predicted molar refractivity (Wildman–Crippen MR) is 126 cm³/mol. The average molecular weight is 418 g/mol. The van der Waals surface area contributed by atoms with Crippen LogP contribution in [0.4, 0.5) is 0 Å². The number of ether oxygens (including phenoxy) is 1. The van der Waals surface area contributed by atoms with Crippen molar-refractivity contribution in [3.05, 3.63) is 60.2 Å². The zero-order valence-corrected chi connectivity index (χ0v) is 18.4. The summed E-state index contributed by atoms with van der Waals surface area (Å²) in [5.41, 5.74) is 3.24. The second-order valence-corrected chi connectivity index (χ2v) is 8.17. The van der Waals surface area contributed by atoms with Crippen LogP contribution in [0.5, 0.6) is 5.75 Å². The summed E-state index contributed by atoms with van der Waals surface area (Å²) in [6.07, 6.45) is 3.80. The summed E-state index contributed by atoms with van der Waals surface area (Å²) in [5, 5.41) is 4.01. The van der Waals surface area contributed by atoms with Gasteiger partial charge in [0.05, 0.1) is 23.4 Å². The van der Waals surface area contributed by atoms with E-state index in [-0.39, 0.29) is 5.91 Å². The van der Waals surface area contributed by atoms with Gasteiger partial charge in [-0.15, -0.1) is 0 Å². The van der Waals surface area contributed by atoms with Crippen molar-refractivity contribution in [3.63, 3.8) is 0 Å². The van der Waals surface area contributed by atoms with Crippen molar-refractivity contribution >= 4 is 16.8 Å². The van der Waals surface area contributed by atoms with Gasteiger partial charge in [-0.2, -0.15) is 0 Å². The van der Waals surface area contributed by atoms with Crippen LogP contribution < -0.4 is 10.1 Å². The molecule has 1 aliphatic rings. The number of likely N-dealkylation sites (tertiary alicyclic amines) is 1. The van der Waals surface area contributed by atoms with Crippen LogP contribution >= 0.6 is 0 Å². The van der Waals surface area contributed by atoms with E-state index >= 15 is 0 Å². The molecule has 0 aliphatic carbocycles. The number of amides is 1. The molecule has 162 valence electrons. The molecule has 1 saturated heterocycles. The van der Waals surface area contributed by atoms with E-state index in [2.05, 4.69) is 17.1 Å². The Balaban J connectivity index is 1.55. The van der Waals surface area contributed by atoms with Gasteiger partial charge in [-0.1, -0.05) is 24.6 Å². The smallest absolute Gasteiger partial charge is 0.252 e. The van der Waals surface area contributed by atoms with Gasteiger partial charge in [0.1, 0.15) is 5.75 Å². The van der Waals surface area contributed by atoms with E-state index in [4.69, 9.17) is 9.72 Å². The highest BCUT2D eigenvalue weighted by Crippen LogP contribution is 2.26. The van der Waals surface area contributed by atoms with Gasteiger partial charge in [0.15, 0.2) is 0 Å². The lowest BCUT2D eigenvalue weighted by atomic mass is 10.0. The van der Waals surface area contributed by atoms with Gasteiger partial charge < -0.3 is 10.1 Å². The quantitative estimate of drug-likeness (QED) is 0.594. The van der Waals surface area contributed by atoms with Crippen molar-refractivity contribution in [1.82, 2.24) is 15.2 Å². The summed E-state index contributed by atoms with van der Waals surface area (Å²) in [5.74, 6) is 0.785. The molecule has 1 amide bonds. The summed E-state index contributed by atoms with van der Waals surface area (Å²) < 4.78 is 5.54. The molecule has 0 spiro atoms. The Hall–Kier alpha value is -2.92. The van der Waals surface area contributed by atoms with Crippen molar-refractivity contribution in [3.8, 4) is 17.0 Å². The number of fused-ring (bicyclic) bond motifs is 1. The molecule has 1 fully saturated rings. The van der Waals surface area contributed by atoms with Gasteiger partial charge in [-0.25, -0.2) is 4.98 Å². The highest BCUT2D eigenvalue weighted by Gasteiger charge is 2.18. The molecule has 1 N–H and O–H groups in total. The first kappa shape index (κ1) is 21.3. The first-order chi connectivity index (χ1) is 15.2. The highest BCUT2D eigenvalue weighted by atomic mass is 16.5. The van der Waals surface area contributed by atoms with Gasteiger partial charge in [-0.05, 0) is 69.6 Å². The fraction of sp³-hybridized carbons (Fsp3) is 0.385. The SMILES string of the molecule is CCOc1ccc(-c2cc(C(=O)NCCN3CCCC[C@H]3C)c3ccccc3n2)cc1. The van der Waals surface area contributed by atoms with Crippen molar-refractivity contribution < 1.29 is 9.53 Å². The van der Waals surface area contributed by atoms with Crippen molar-refractivity contribution in [2.45, 2.75) is 39.2 Å². The van der Waals surface area contributed by atoms with Crippen molar-refractivity contribution in [1.29, 1.82) is 0 Å². The summed E-state index contributed by atoms with van der Waals surface area (Å²) in [7, 11) is 0. The molecule has 0 radical (unpaired) electrons. The Morgan fingerprint density at radius 1 is 1.16 bits per heavy atom. The molecule has 2 heterocycles. The van der Waals surface area contributed by atoms with Crippen LogP contribution in [0.25, 0.3) is 22.2 Å². The molecule has 3 aromatic rings. The van der Waals surface area contributed by atoms with E-state index in [1.54, 1.807) is 0 Å². The van der Waals surface area contributed by atoms with E-state index in [0.717, 1.165) is 41.0 Å². The van der Waals surface area contributed by atoms with E-state index in [9.17, 15) is 4.79 Å². The summed E-state index contributed by atoms with van der Waals surface area (Å²) in [6.45, 7) is 7.54. The minimum atomic E-state index is -0.0459. The standard InChI is InChI=1S/C26H31N3O2/c1-3-31-21-13-11-20(12-14-21)25-18-23(22-9-4-5-10-24(22)28-25)26(30)27-15-17-29-16-7-6-8-19(29)2/h4-5,9-14,18-19H,3,6-8,15-17H2,1-2H3,(H,27,30)/t19-/m1/s1. The summed E-state index contributed by atoms with van der Waals surface area (Å²) in [6, 6.07) is 18.2. The fourth-order valence-electron chi connectivity index (χ4n) is 4.30. The number of nitrogens with zero attached hydrogens (tertiary/aromatic N) is 2. The molecular weight excluding hydrogens is 386 g/mol. The third-order valence-electron chi connectivity index (χ3n) is 6.05. The second-order valence-electron chi connectivity index (χ2n) is 8.17. The molecular formula is C26H31N3O2. The normalized spacial score (nSPS) is 16.9. The predicted octanol–water partition coefficient (Wildman–Crippen LogP) is 4.90. The number of benzene rings is 2. The van der Waals surface area contributed by atoms with E-state index in [0.29, 0.717) is 24.8 Å². The Morgan fingerprint density at radius 3 is 2.74 bits per heavy atom. The lowest BCUT2D eigenvalue weighted by Crippen LogP contribution is -2.42. The number of para-hydroxylation sites is 1. The Morgan fingerprint density at radius 2 is 1.97 bits per heavy atom. The third-order valence-corrected chi connectivity index (χ3v) is 6.05. The molecule has 2 aromatic carbocycles. The maximum atomic E-state index is 13.1. The number of piperidine rings is 1. The molecule has 5 nitrogen and oxygen atoms in total. The van der Waals surface area contributed by atoms with E-state index in [1.807, 2.05) is 61.5 Å². The number of nitrogens with one attached hydrogen (secondary N) is 1. The number of hydrogen-bond donors (Lipinski definition) is 1. The number of rotatable bonds is 7. The topological polar surface area (TPSA) is 54.5 Å². The van der Waals surface area contributed by atoms with Gasteiger partial charge in [0.2, 0.25) is 0 Å². The molecule has 5 heteroatoms. The molecule has 4 rings (SSSR count). The molecule has 0 unspecified atom stereocenters. The van der Waals surface area contributed by atoms with E-state index < -0.39 is 0 Å². The van der Waals surface area contributed by atoms with Crippen molar-refractivity contribution in [2.75, 3.05) is 26.2 Å². The molecule has 0 bridgehead atoms. The molecule has 1 aromatic heterocycles. The third kappa shape index (κ3) is 5.05. The highest BCUT2D eigenvalue weighted by molar-refractivity contribution is 6.07. The van der Waals surface area contributed by atoms with Crippen LogP contribution in [-0.4, -0.2) is 48.1 Å². The first-order valence-corrected chi connectivity index (χ1v) is 11.3. The number of aromatic nitrogens is 1. The molecule has 1 atom stereocenters. The maximum absolute atomic E-state index is 13.1. The van der Waals surface area contributed by atoms with Crippen LogP contribution in [0.3, 0.4) is 0 Å². The Labute approximate surface area is 184 Å². The van der Waals surface area contributed by atoms with Crippen LogP contribution in [0.1, 0.15) is 43.5 Å². The van der Waals surface area contributed by atoms with Gasteiger partial charge >= 0.3 is 0 Å². The second kappa shape index (κ2) is 9.92. The molecule has 31 heavy (non-hydrogen) atoms. The number of carbonyl (C=O) groups is 1. The maximum Gasteiger partial charge on any atom is 0.252 e. The van der Waals surface area contributed by atoms with E-state index in [1.165, 1.54) is 19.3 Å². The summed E-state index contributed by atoms with van der Waals surface area (Å²) >= 11 is 0. The fourth-order valence-corrected chi connectivity index (χ4v) is 4.30. The van der Waals surface area contributed by atoms with Gasteiger partial charge in [0.25, 0.3) is 5.91 Å². The number of carbonyl (C=O) groups excluding carboxylic acids is 1. The van der Waals surface area contributed by atoms with Crippen LogP contribution in [0, 0.1) is 0 Å². The zero-order chi connectivity index (χ0) is 21.6. The monoisotopic (exact) mass is 417 g/mol.